The smallest absolute Gasteiger partial charge is 0.220 e. The first-order valence-electron chi connectivity index (χ1n) is 9.12. The minimum atomic E-state index is 0.136. The molecule has 1 saturated heterocycles. The zero-order valence-electron chi connectivity index (χ0n) is 14.9. The molecule has 2 N–H and O–H groups in total. The van der Waals surface area contributed by atoms with Gasteiger partial charge in [-0.1, -0.05) is 38.1 Å². The maximum absolute atomic E-state index is 12.4. The van der Waals surface area contributed by atoms with E-state index in [0.717, 1.165) is 25.9 Å². The Hall–Kier alpha value is -1.35. The summed E-state index contributed by atoms with van der Waals surface area (Å²) >= 11 is 0. The number of benzene rings is 1. The average Bonchev–Trinajstić information content (AvgIpc) is 2.53. The fraction of sp³-hybridized carbons (Fsp3) is 0.650. The van der Waals surface area contributed by atoms with Crippen LogP contribution in [0.2, 0.25) is 0 Å². The highest BCUT2D eigenvalue weighted by atomic mass is 16.1. The molecule has 1 aromatic rings. The highest BCUT2D eigenvalue weighted by Crippen LogP contribution is 2.25. The van der Waals surface area contributed by atoms with E-state index in [1.165, 1.54) is 24.0 Å². The van der Waals surface area contributed by atoms with Gasteiger partial charge in [0.25, 0.3) is 0 Å². The van der Waals surface area contributed by atoms with E-state index in [0.29, 0.717) is 18.3 Å². The summed E-state index contributed by atoms with van der Waals surface area (Å²) in [5.41, 5.74) is 2.52. The number of hydrogen-bond acceptors (Lipinski definition) is 2. The third-order valence-corrected chi connectivity index (χ3v) is 4.84. The van der Waals surface area contributed by atoms with E-state index >= 15 is 0 Å². The van der Waals surface area contributed by atoms with E-state index in [1.54, 1.807) is 0 Å². The van der Waals surface area contributed by atoms with Gasteiger partial charge < -0.3 is 10.6 Å². The van der Waals surface area contributed by atoms with E-state index < -0.39 is 0 Å². The van der Waals surface area contributed by atoms with Crippen LogP contribution in [0, 0.1) is 18.8 Å². The van der Waals surface area contributed by atoms with Crippen LogP contribution in [0.5, 0.6) is 0 Å². The van der Waals surface area contributed by atoms with E-state index in [1.807, 2.05) is 0 Å². The van der Waals surface area contributed by atoms with Gasteiger partial charge in [-0.15, -0.1) is 0 Å². The summed E-state index contributed by atoms with van der Waals surface area (Å²) in [5, 5.41) is 6.67. The van der Waals surface area contributed by atoms with Gasteiger partial charge in [-0.05, 0) is 68.7 Å². The summed E-state index contributed by atoms with van der Waals surface area (Å²) in [6, 6.07) is 8.54. The van der Waals surface area contributed by atoms with Crippen LogP contribution in [-0.2, 0) is 4.79 Å². The Kier molecular flexibility index (Phi) is 7.10. The van der Waals surface area contributed by atoms with Gasteiger partial charge in [-0.25, -0.2) is 0 Å². The summed E-state index contributed by atoms with van der Waals surface area (Å²) in [6.07, 6.45) is 5.09. The molecule has 128 valence electrons. The molecule has 1 aromatic carbocycles. The van der Waals surface area contributed by atoms with Gasteiger partial charge in [0.05, 0.1) is 6.04 Å². The molecule has 0 radical (unpaired) electrons. The Labute approximate surface area is 141 Å². The van der Waals surface area contributed by atoms with E-state index in [2.05, 4.69) is 55.7 Å². The van der Waals surface area contributed by atoms with Crippen molar-refractivity contribution in [3.8, 4) is 0 Å². The van der Waals surface area contributed by atoms with Crippen LogP contribution in [0.15, 0.2) is 24.3 Å². The number of carbonyl (C=O) groups excluding carboxylic acids is 1. The molecule has 1 aliphatic rings. The summed E-state index contributed by atoms with van der Waals surface area (Å²) in [6.45, 7) is 8.76. The number of aryl methyl sites for hydroxylation is 1. The van der Waals surface area contributed by atoms with Gasteiger partial charge in [0, 0.05) is 6.42 Å². The van der Waals surface area contributed by atoms with Crippen molar-refractivity contribution in [2.45, 2.75) is 58.9 Å². The minimum Gasteiger partial charge on any atom is -0.349 e. The fourth-order valence-electron chi connectivity index (χ4n) is 3.48. The highest BCUT2D eigenvalue weighted by Gasteiger charge is 2.19. The van der Waals surface area contributed by atoms with Crippen molar-refractivity contribution >= 4 is 5.91 Å². The first kappa shape index (κ1) is 18.0. The van der Waals surface area contributed by atoms with Crippen LogP contribution in [0.4, 0.5) is 0 Å². The Balaban J connectivity index is 1.91. The number of carbonyl (C=O) groups is 1. The molecular weight excluding hydrogens is 284 g/mol. The Morgan fingerprint density at radius 3 is 2.61 bits per heavy atom. The standard InChI is InChI=1S/C20H32N2O/c1-15(2)14-19(18-7-5-4-6-16(18)3)22-20(23)9-8-17-10-12-21-13-11-17/h4-7,15,17,19,21H,8-14H2,1-3H3,(H,22,23). The van der Waals surface area contributed by atoms with Crippen LogP contribution in [0.3, 0.4) is 0 Å². The van der Waals surface area contributed by atoms with Crippen LogP contribution in [0.1, 0.15) is 63.1 Å². The SMILES string of the molecule is Cc1ccccc1C(CC(C)C)NC(=O)CCC1CCNCC1. The van der Waals surface area contributed by atoms with Gasteiger partial charge >= 0.3 is 0 Å². The van der Waals surface area contributed by atoms with Crippen molar-refractivity contribution in [1.29, 1.82) is 0 Å². The predicted molar refractivity (Wildman–Crippen MR) is 96.3 cm³/mol. The maximum Gasteiger partial charge on any atom is 0.220 e. The van der Waals surface area contributed by atoms with Gasteiger partial charge in [0.15, 0.2) is 0 Å². The third kappa shape index (κ3) is 5.98. The number of hydrogen-bond donors (Lipinski definition) is 2. The molecule has 1 atom stereocenters. The molecule has 0 spiro atoms. The Morgan fingerprint density at radius 1 is 1.26 bits per heavy atom. The van der Waals surface area contributed by atoms with Crippen molar-refractivity contribution in [3.63, 3.8) is 0 Å². The van der Waals surface area contributed by atoms with Crippen molar-refractivity contribution in [1.82, 2.24) is 10.6 Å². The lowest BCUT2D eigenvalue weighted by Crippen LogP contribution is -2.32. The van der Waals surface area contributed by atoms with Gasteiger partial charge in [0.2, 0.25) is 5.91 Å². The summed E-state index contributed by atoms with van der Waals surface area (Å²) in [7, 11) is 0. The first-order valence-corrected chi connectivity index (χ1v) is 9.12. The predicted octanol–water partition coefficient (Wildman–Crippen LogP) is 3.98. The van der Waals surface area contributed by atoms with Crippen LogP contribution in [-0.4, -0.2) is 19.0 Å². The Bertz CT molecular complexity index is 492. The lowest BCUT2D eigenvalue weighted by molar-refractivity contribution is -0.122. The van der Waals surface area contributed by atoms with Gasteiger partial charge in [-0.2, -0.15) is 0 Å². The normalized spacial score (nSPS) is 17.2. The molecule has 1 unspecified atom stereocenters. The molecule has 0 aromatic heterocycles. The minimum absolute atomic E-state index is 0.136. The third-order valence-electron chi connectivity index (χ3n) is 4.84. The zero-order chi connectivity index (χ0) is 16.7. The molecule has 3 heteroatoms. The molecular formula is C20H32N2O. The molecule has 1 aliphatic heterocycles. The van der Waals surface area contributed by atoms with Gasteiger partial charge in [0.1, 0.15) is 0 Å². The monoisotopic (exact) mass is 316 g/mol. The van der Waals surface area contributed by atoms with Crippen molar-refractivity contribution in [2.24, 2.45) is 11.8 Å². The molecule has 0 saturated carbocycles. The van der Waals surface area contributed by atoms with Crippen LogP contribution in [0.25, 0.3) is 0 Å². The molecule has 1 heterocycles. The number of nitrogens with one attached hydrogen (secondary N) is 2. The maximum atomic E-state index is 12.4. The van der Waals surface area contributed by atoms with Crippen LogP contribution >= 0.6 is 0 Å². The molecule has 0 aliphatic carbocycles. The molecule has 0 bridgehead atoms. The first-order chi connectivity index (χ1) is 11.1. The molecule has 1 amide bonds. The lowest BCUT2D eigenvalue weighted by Gasteiger charge is -2.25. The Morgan fingerprint density at radius 2 is 1.96 bits per heavy atom. The van der Waals surface area contributed by atoms with Crippen LogP contribution < -0.4 is 10.6 Å². The second kappa shape index (κ2) is 9.07. The largest absolute Gasteiger partial charge is 0.349 e. The molecule has 3 nitrogen and oxygen atoms in total. The average molecular weight is 316 g/mol. The summed E-state index contributed by atoms with van der Waals surface area (Å²) in [4.78, 5) is 12.4. The zero-order valence-corrected chi connectivity index (χ0v) is 14.9. The van der Waals surface area contributed by atoms with Gasteiger partial charge in [-0.3, -0.25) is 4.79 Å². The number of amides is 1. The molecule has 23 heavy (non-hydrogen) atoms. The molecule has 2 rings (SSSR count). The quantitative estimate of drug-likeness (QED) is 0.799. The highest BCUT2D eigenvalue weighted by molar-refractivity contribution is 5.76. The van der Waals surface area contributed by atoms with E-state index in [9.17, 15) is 4.79 Å². The summed E-state index contributed by atoms with van der Waals surface area (Å²) < 4.78 is 0. The topological polar surface area (TPSA) is 41.1 Å². The van der Waals surface area contributed by atoms with E-state index in [-0.39, 0.29) is 11.9 Å². The van der Waals surface area contributed by atoms with E-state index in [4.69, 9.17) is 0 Å². The second-order valence-corrected chi connectivity index (χ2v) is 7.34. The molecule has 1 fully saturated rings. The van der Waals surface area contributed by atoms with Crippen molar-refractivity contribution in [3.05, 3.63) is 35.4 Å². The van der Waals surface area contributed by atoms with Crippen molar-refractivity contribution in [2.75, 3.05) is 13.1 Å². The number of piperidine rings is 1. The van der Waals surface area contributed by atoms with Crippen molar-refractivity contribution < 1.29 is 4.79 Å². The summed E-state index contributed by atoms with van der Waals surface area (Å²) in [5.74, 6) is 1.48. The second-order valence-electron chi connectivity index (χ2n) is 7.34. The fourth-order valence-corrected chi connectivity index (χ4v) is 3.48. The lowest BCUT2D eigenvalue weighted by atomic mass is 9.92. The number of rotatable bonds is 7.